The number of hydrogen-bond donors (Lipinski definition) is 1. The fraction of sp³-hybridized carbons (Fsp3) is 0.571. The van der Waals surface area contributed by atoms with E-state index in [0.717, 1.165) is 6.54 Å². The van der Waals surface area contributed by atoms with Crippen molar-refractivity contribution in [3.8, 4) is 0 Å². The summed E-state index contributed by atoms with van der Waals surface area (Å²) in [4.78, 5) is 0. The lowest BCUT2D eigenvalue weighted by atomic mass is 9.86. The highest BCUT2D eigenvalue weighted by atomic mass is 14.9. The van der Waals surface area contributed by atoms with Crippen LogP contribution >= 0.6 is 0 Å². The van der Waals surface area contributed by atoms with Gasteiger partial charge in [-0.2, -0.15) is 0 Å². The van der Waals surface area contributed by atoms with Gasteiger partial charge in [0.05, 0.1) is 0 Å². The molecular formula is C14H21N. The largest absolute Gasteiger partial charge is 0.310 e. The second-order valence-electron chi connectivity index (χ2n) is 4.74. The Labute approximate surface area is 92.9 Å². The summed E-state index contributed by atoms with van der Waals surface area (Å²) in [5.41, 5.74) is 4.53. The van der Waals surface area contributed by atoms with Crippen LogP contribution < -0.4 is 5.32 Å². The summed E-state index contributed by atoms with van der Waals surface area (Å²) in [5, 5.41) is 3.56. The molecule has 2 atom stereocenters. The summed E-state index contributed by atoms with van der Waals surface area (Å²) in [6, 6.07) is 7.63. The Bertz CT molecular complexity index is 343. The molecule has 0 amide bonds. The molecule has 2 unspecified atom stereocenters. The van der Waals surface area contributed by atoms with Gasteiger partial charge >= 0.3 is 0 Å². The second kappa shape index (κ2) is 4.36. The van der Waals surface area contributed by atoms with Gasteiger partial charge in [0.2, 0.25) is 0 Å². The topological polar surface area (TPSA) is 12.0 Å². The smallest absolute Gasteiger partial charge is 0.0211 e. The van der Waals surface area contributed by atoms with Crippen LogP contribution in [0, 0.1) is 0 Å². The molecule has 0 aliphatic carbocycles. The molecule has 0 spiro atoms. The minimum Gasteiger partial charge on any atom is -0.310 e. The number of fused-ring (bicyclic) bond motifs is 1. The quantitative estimate of drug-likeness (QED) is 0.778. The number of nitrogens with one attached hydrogen (secondary N) is 1. The zero-order valence-corrected chi connectivity index (χ0v) is 10.0. The average molecular weight is 203 g/mol. The van der Waals surface area contributed by atoms with E-state index in [4.69, 9.17) is 0 Å². The maximum Gasteiger partial charge on any atom is 0.0211 e. The molecule has 0 radical (unpaired) electrons. The lowest BCUT2D eigenvalue weighted by Crippen LogP contribution is -2.35. The van der Waals surface area contributed by atoms with Crippen molar-refractivity contribution in [3.05, 3.63) is 34.9 Å². The Morgan fingerprint density at radius 1 is 1.33 bits per heavy atom. The second-order valence-corrected chi connectivity index (χ2v) is 4.74. The fourth-order valence-electron chi connectivity index (χ4n) is 2.42. The maximum atomic E-state index is 3.56. The molecule has 0 fully saturated rings. The predicted molar refractivity (Wildman–Crippen MR) is 65.2 cm³/mol. The molecule has 0 aromatic heterocycles. The Hall–Kier alpha value is -0.820. The van der Waals surface area contributed by atoms with E-state index < -0.39 is 0 Å². The van der Waals surface area contributed by atoms with Gasteiger partial charge in [-0.3, -0.25) is 0 Å². The highest BCUT2D eigenvalue weighted by Gasteiger charge is 2.21. The van der Waals surface area contributed by atoms with E-state index in [1.165, 1.54) is 24.0 Å². The monoisotopic (exact) mass is 203 g/mol. The zero-order valence-electron chi connectivity index (χ0n) is 10.0. The van der Waals surface area contributed by atoms with Crippen molar-refractivity contribution in [1.29, 1.82) is 0 Å². The number of aryl methyl sites for hydroxylation is 1. The van der Waals surface area contributed by atoms with Gasteiger partial charge in [-0.25, -0.2) is 0 Å². The fourth-order valence-corrected chi connectivity index (χ4v) is 2.42. The average Bonchev–Trinajstić information content (AvgIpc) is 2.24. The van der Waals surface area contributed by atoms with E-state index in [0.29, 0.717) is 12.0 Å². The first-order valence-corrected chi connectivity index (χ1v) is 6.07. The van der Waals surface area contributed by atoms with Crippen molar-refractivity contribution < 1.29 is 0 Å². The first-order valence-electron chi connectivity index (χ1n) is 6.07. The zero-order chi connectivity index (χ0) is 10.8. The van der Waals surface area contributed by atoms with Crippen molar-refractivity contribution in [2.24, 2.45) is 0 Å². The first-order chi connectivity index (χ1) is 7.22. The maximum absolute atomic E-state index is 3.56. The summed E-state index contributed by atoms with van der Waals surface area (Å²) in [5.74, 6) is 0.643. The molecule has 1 heteroatoms. The first kappa shape index (κ1) is 10.7. The van der Waals surface area contributed by atoms with Gasteiger partial charge in [0.1, 0.15) is 0 Å². The molecule has 2 rings (SSSR count). The van der Waals surface area contributed by atoms with Crippen LogP contribution in [0.5, 0.6) is 0 Å². The molecule has 0 saturated heterocycles. The minimum atomic E-state index is 0.606. The highest BCUT2D eigenvalue weighted by Crippen LogP contribution is 2.28. The van der Waals surface area contributed by atoms with E-state index in [1.807, 2.05) is 0 Å². The van der Waals surface area contributed by atoms with Crippen LogP contribution in [0.4, 0.5) is 0 Å². The third-order valence-corrected chi connectivity index (χ3v) is 3.60. The van der Waals surface area contributed by atoms with Crippen molar-refractivity contribution in [1.82, 2.24) is 5.32 Å². The molecule has 1 aliphatic heterocycles. The summed E-state index contributed by atoms with van der Waals surface area (Å²) in [6.07, 6.45) is 2.44. The standard InChI is InChI=1S/C14H21N/c1-4-5-12-6-7-14-10(2)11(3)15-9-13(14)8-12/h6-8,10-11,15H,4-5,9H2,1-3H3. The third kappa shape index (κ3) is 2.07. The Kier molecular flexibility index (Phi) is 3.11. The summed E-state index contributed by atoms with van der Waals surface area (Å²) >= 11 is 0. The van der Waals surface area contributed by atoms with Crippen LogP contribution in [0.25, 0.3) is 0 Å². The third-order valence-electron chi connectivity index (χ3n) is 3.60. The molecule has 0 bridgehead atoms. The minimum absolute atomic E-state index is 0.606. The molecule has 1 aromatic carbocycles. The van der Waals surface area contributed by atoms with E-state index in [1.54, 1.807) is 5.56 Å². The van der Waals surface area contributed by atoms with Crippen molar-refractivity contribution in [2.45, 2.75) is 52.1 Å². The molecule has 1 aromatic rings. The van der Waals surface area contributed by atoms with Crippen molar-refractivity contribution in [2.75, 3.05) is 0 Å². The van der Waals surface area contributed by atoms with Gasteiger partial charge in [-0.15, -0.1) is 0 Å². The van der Waals surface area contributed by atoms with Gasteiger partial charge in [0, 0.05) is 12.6 Å². The molecular weight excluding hydrogens is 182 g/mol. The van der Waals surface area contributed by atoms with Gasteiger partial charge in [0.25, 0.3) is 0 Å². The molecule has 15 heavy (non-hydrogen) atoms. The summed E-state index contributed by atoms with van der Waals surface area (Å²) in [7, 11) is 0. The Balaban J connectivity index is 2.30. The number of benzene rings is 1. The Morgan fingerprint density at radius 3 is 2.87 bits per heavy atom. The van der Waals surface area contributed by atoms with E-state index in [9.17, 15) is 0 Å². The molecule has 1 aliphatic rings. The van der Waals surface area contributed by atoms with Crippen LogP contribution in [0.2, 0.25) is 0 Å². The van der Waals surface area contributed by atoms with Crippen LogP contribution in [0.15, 0.2) is 18.2 Å². The van der Waals surface area contributed by atoms with E-state index >= 15 is 0 Å². The molecule has 0 saturated carbocycles. The van der Waals surface area contributed by atoms with Crippen LogP contribution in [-0.2, 0) is 13.0 Å². The number of rotatable bonds is 2. The van der Waals surface area contributed by atoms with Crippen LogP contribution in [-0.4, -0.2) is 6.04 Å². The summed E-state index contributed by atoms with van der Waals surface area (Å²) < 4.78 is 0. The number of hydrogen-bond acceptors (Lipinski definition) is 1. The molecule has 1 heterocycles. The molecule has 1 nitrogen and oxygen atoms in total. The van der Waals surface area contributed by atoms with E-state index in [2.05, 4.69) is 44.3 Å². The van der Waals surface area contributed by atoms with E-state index in [-0.39, 0.29) is 0 Å². The van der Waals surface area contributed by atoms with Crippen molar-refractivity contribution >= 4 is 0 Å². The predicted octanol–water partition coefficient (Wildman–Crippen LogP) is 3.23. The molecule has 1 N–H and O–H groups in total. The van der Waals surface area contributed by atoms with Crippen LogP contribution in [0.1, 0.15) is 49.8 Å². The van der Waals surface area contributed by atoms with Gasteiger partial charge in [-0.1, -0.05) is 38.5 Å². The highest BCUT2D eigenvalue weighted by molar-refractivity contribution is 5.37. The lowest BCUT2D eigenvalue weighted by Gasteiger charge is -2.30. The molecule has 82 valence electrons. The lowest BCUT2D eigenvalue weighted by molar-refractivity contribution is 0.448. The van der Waals surface area contributed by atoms with Gasteiger partial charge in [0.15, 0.2) is 0 Å². The normalized spacial score (nSPS) is 25.0. The SMILES string of the molecule is CCCc1ccc2c(c1)CNC(C)C2C. The van der Waals surface area contributed by atoms with Crippen LogP contribution in [0.3, 0.4) is 0 Å². The summed E-state index contributed by atoms with van der Waals surface area (Å²) in [6.45, 7) is 7.86. The van der Waals surface area contributed by atoms with Gasteiger partial charge in [-0.05, 0) is 36.0 Å². The van der Waals surface area contributed by atoms with Crippen molar-refractivity contribution in [3.63, 3.8) is 0 Å². The van der Waals surface area contributed by atoms with Gasteiger partial charge < -0.3 is 5.32 Å². The Morgan fingerprint density at radius 2 is 2.13 bits per heavy atom.